The van der Waals surface area contributed by atoms with Crippen molar-refractivity contribution in [1.29, 1.82) is 0 Å². The van der Waals surface area contributed by atoms with Gasteiger partial charge in [-0.2, -0.15) is 13.2 Å². The third-order valence-corrected chi connectivity index (χ3v) is 2.47. The lowest BCUT2D eigenvalue weighted by atomic mass is 10.1. The minimum atomic E-state index is -5.25. The fourth-order valence-corrected chi connectivity index (χ4v) is 1.57. The smallest absolute Gasteiger partial charge is 0.471 e. The minimum absolute atomic E-state index is 0.158. The second kappa shape index (κ2) is 4.92. The summed E-state index contributed by atoms with van der Waals surface area (Å²) in [4.78, 5) is 21.5. The molecule has 0 aliphatic rings. The normalized spacial score (nSPS) is 11.2. The number of amides is 1. The van der Waals surface area contributed by atoms with Crippen molar-refractivity contribution in [2.75, 3.05) is 5.32 Å². The highest BCUT2D eigenvalue weighted by molar-refractivity contribution is 9.10. The molecule has 0 saturated carbocycles. The molecular weight excluding hydrogens is 326 g/mol. The average molecular weight is 330 g/mol. The number of carbonyl (C=O) groups is 2. The Bertz CT molecular complexity index is 515. The van der Waals surface area contributed by atoms with Gasteiger partial charge in [0.05, 0.1) is 5.69 Å². The molecule has 0 saturated heterocycles. The Hall–Kier alpha value is -1.64. The number of carboxylic acid groups (broad SMARTS) is 1. The molecule has 0 spiro atoms. The quantitative estimate of drug-likeness (QED) is 0.820. The Labute approximate surface area is 106 Å². The summed E-state index contributed by atoms with van der Waals surface area (Å²) < 4.78 is 49.1. The van der Waals surface area contributed by atoms with Crippen molar-refractivity contribution in [1.82, 2.24) is 0 Å². The second-order valence-electron chi connectivity index (χ2n) is 3.04. The maximum absolute atomic E-state index is 13.3. The van der Waals surface area contributed by atoms with E-state index in [1.54, 1.807) is 0 Å². The molecule has 4 nitrogen and oxygen atoms in total. The van der Waals surface area contributed by atoms with Crippen LogP contribution < -0.4 is 5.32 Å². The van der Waals surface area contributed by atoms with Gasteiger partial charge in [0.15, 0.2) is 0 Å². The lowest BCUT2D eigenvalue weighted by Crippen LogP contribution is -2.31. The van der Waals surface area contributed by atoms with Gasteiger partial charge in [-0.3, -0.25) is 4.79 Å². The summed E-state index contributed by atoms with van der Waals surface area (Å²) in [5, 5.41) is 9.95. The predicted molar refractivity (Wildman–Crippen MR) is 55.7 cm³/mol. The number of benzene rings is 1. The number of aromatic carboxylic acids is 1. The Morgan fingerprint density at radius 1 is 1.28 bits per heavy atom. The number of halogens is 5. The van der Waals surface area contributed by atoms with Crippen LogP contribution in [0, 0.1) is 5.82 Å². The molecule has 0 aliphatic heterocycles. The number of anilines is 1. The van der Waals surface area contributed by atoms with Crippen molar-refractivity contribution in [2.45, 2.75) is 6.18 Å². The molecule has 0 fully saturated rings. The van der Waals surface area contributed by atoms with Crippen LogP contribution in [0.15, 0.2) is 16.6 Å². The zero-order chi connectivity index (χ0) is 14.1. The molecule has 1 amide bonds. The van der Waals surface area contributed by atoms with Crippen molar-refractivity contribution in [3.8, 4) is 0 Å². The molecule has 0 unspecified atom stereocenters. The summed E-state index contributed by atoms with van der Waals surface area (Å²) in [6.45, 7) is 0. The van der Waals surface area contributed by atoms with E-state index in [9.17, 15) is 27.2 Å². The molecule has 18 heavy (non-hydrogen) atoms. The number of carboxylic acids is 1. The van der Waals surface area contributed by atoms with Crippen LogP contribution >= 0.6 is 15.9 Å². The third-order valence-electron chi connectivity index (χ3n) is 1.81. The highest BCUT2D eigenvalue weighted by Gasteiger charge is 2.39. The maximum Gasteiger partial charge on any atom is 0.471 e. The molecule has 2 N–H and O–H groups in total. The van der Waals surface area contributed by atoms with E-state index in [0.717, 1.165) is 12.1 Å². The first-order valence-electron chi connectivity index (χ1n) is 4.24. The van der Waals surface area contributed by atoms with Crippen LogP contribution in [0.2, 0.25) is 0 Å². The van der Waals surface area contributed by atoms with E-state index < -0.39 is 35.1 Å². The van der Waals surface area contributed by atoms with Crippen molar-refractivity contribution < 1.29 is 32.3 Å². The van der Waals surface area contributed by atoms with Gasteiger partial charge in [0.1, 0.15) is 11.4 Å². The lowest BCUT2D eigenvalue weighted by Gasteiger charge is -2.12. The standard InChI is InChI=1S/C9H4BrF4NO3/c10-3-1-2-4(11)6(5(3)7(16)17)15-8(18)9(12,13)14/h1-2H,(H,15,18)(H,16,17). The highest BCUT2D eigenvalue weighted by atomic mass is 79.9. The van der Waals surface area contributed by atoms with Crippen molar-refractivity contribution in [3.63, 3.8) is 0 Å². The molecule has 0 bridgehead atoms. The average Bonchev–Trinajstić information content (AvgIpc) is 2.21. The first-order chi connectivity index (χ1) is 8.14. The van der Waals surface area contributed by atoms with Gasteiger partial charge >= 0.3 is 18.1 Å². The van der Waals surface area contributed by atoms with Crippen LogP contribution in [0.25, 0.3) is 0 Å². The molecule has 0 heterocycles. The van der Waals surface area contributed by atoms with Gasteiger partial charge in [0.25, 0.3) is 0 Å². The largest absolute Gasteiger partial charge is 0.478 e. The summed E-state index contributed by atoms with van der Waals surface area (Å²) in [5.41, 5.74) is -1.84. The van der Waals surface area contributed by atoms with Crippen LogP contribution in [0.5, 0.6) is 0 Å². The summed E-state index contributed by atoms with van der Waals surface area (Å²) in [6.07, 6.45) is -5.25. The van der Waals surface area contributed by atoms with E-state index in [4.69, 9.17) is 5.11 Å². The summed E-state index contributed by atoms with van der Waals surface area (Å²) in [6, 6.07) is 1.73. The van der Waals surface area contributed by atoms with Crippen LogP contribution in [-0.4, -0.2) is 23.2 Å². The highest BCUT2D eigenvalue weighted by Crippen LogP contribution is 2.29. The number of nitrogens with one attached hydrogen (secondary N) is 1. The molecule has 98 valence electrons. The number of hydrogen-bond acceptors (Lipinski definition) is 2. The molecule has 1 aromatic rings. The van der Waals surface area contributed by atoms with E-state index >= 15 is 0 Å². The number of rotatable bonds is 2. The zero-order valence-corrected chi connectivity index (χ0v) is 9.89. The maximum atomic E-state index is 13.3. The van der Waals surface area contributed by atoms with Gasteiger partial charge in [0.2, 0.25) is 0 Å². The summed E-state index contributed by atoms with van der Waals surface area (Å²) in [5.74, 6) is -5.42. The topological polar surface area (TPSA) is 66.4 Å². The monoisotopic (exact) mass is 329 g/mol. The van der Waals surface area contributed by atoms with Gasteiger partial charge in [-0.1, -0.05) is 0 Å². The Balaban J connectivity index is 3.28. The predicted octanol–water partition coefficient (Wildman–Crippen LogP) is 2.79. The number of carbonyl (C=O) groups excluding carboxylic acids is 1. The lowest BCUT2D eigenvalue weighted by molar-refractivity contribution is -0.167. The van der Waals surface area contributed by atoms with E-state index in [1.807, 2.05) is 0 Å². The fourth-order valence-electron chi connectivity index (χ4n) is 1.07. The molecule has 0 atom stereocenters. The van der Waals surface area contributed by atoms with Crippen LogP contribution in [-0.2, 0) is 4.79 Å². The Morgan fingerprint density at radius 2 is 1.83 bits per heavy atom. The summed E-state index contributed by atoms with van der Waals surface area (Å²) in [7, 11) is 0. The van der Waals surface area contributed by atoms with Crippen molar-refractivity contribution >= 4 is 33.5 Å². The number of alkyl halides is 3. The van der Waals surface area contributed by atoms with E-state index in [0.29, 0.717) is 0 Å². The third kappa shape index (κ3) is 2.97. The number of hydrogen-bond donors (Lipinski definition) is 2. The van der Waals surface area contributed by atoms with Gasteiger partial charge in [-0.05, 0) is 28.1 Å². The van der Waals surface area contributed by atoms with Crippen molar-refractivity contribution in [3.05, 3.63) is 28.0 Å². The second-order valence-corrected chi connectivity index (χ2v) is 3.89. The molecule has 1 aromatic carbocycles. The van der Waals surface area contributed by atoms with Gasteiger partial charge in [-0.15, -0.1) is 0 Å². The van der Waals surface area contributed by atoms with E-state index in [-0.39, 0.29) is 4.47 Å². The van der Waals surface area contributed by atoms with Crippen LogP contribution in [0.1, 0.15) is 10.4 Å². The van der Waals surface area contributed by atoms with Gasteiger partial charge in [0, 0.05) is 4.47 Å². The molecule has 0 aliphatic carbocycles. The first-order valence-corrected chi connectivity index (χ1v) is 5.03. The SMILES string of the molecule is O=C(O)c1c(Br)ccc(F)c1NC(=O)C(F)(F)F. The Morgan fingerprint density at radius 3 is 2.28 bits per heavy atom. The first kappa shape index (κ1) is 14.4. The van der Waals surface area contributed by atoms with Gasteiger partial charge < -0.3 is 10.4 Å². The zero-order valence-electron chi connectivity index (χ0n) is 8.31. The molecule has 1 rings (SSSR count). The van der Waals surface area contributed by atoms with Crippen molar-refractivity contribution in [2.24, 2.45) is 0 Å². The molecule has 0 aromatic heterocycles. The van der Waals surface area contributed by atoms with Gasteiger partial charge in [-0.25, -0.2) is 9.18 Å². The van der Waals surface area contributed by atoms with Crippen LogP contribution in [0.3, 0.4) is 0 Å². The summed E-state index contributed by atoms with van der Waals surface area (Å²) >= 11 is 2.74. The Kier molecular flexibility index (Phi) is 3.95. The van der Waals surface area contributed by atoms with E-state index in [1.165, 1.54) is 5.32 Å². The van der Waals surface area contributed by atoms with Crippen LogP contribution in [0.4, 0.5) is 23.2 Å². The van der Waals surface area contributed by atoms with E-state index in [2.05, 4.69) is 15.9 Å². The molecular formula is C9H4BrF4NO3. The minimum Gasteiger partial charge on any atom is -0.478 e. The molecule has 9 heteroatoms. The fraction of sp³-hybridized carbons (Fsp3) is 0.111. The molecule has 0 radical (unpaired) electrons.